The van der Waals surface area contributed by atoms with Gasteiger partial charge in [-0.25, -0.2) is 0 Å². The smallest absolute Gasteiger partial charge is 0.269 e. The minimum atomic E-state index is -0.362. The molecule has 1 saturated heterocycles. The third-order valence-electron chi connectivity index (χ3n) is 3.20. The molecule has 1 aliphatic heterocycles. The Morgan fingerprint density at radius 3 is 3.11 bits per heavy atom. The van der Waals surface area contributed by atoms with Gasteiger partial charge in [-0.05, 0) is 30.9 Å². The molecule has 1 aromatic carbocycles. The number of nitrogens with one attached hydrogen (secondary N) is 1. The van der Waals surface area contributed by atoms with Crippen molar-refractivity contribution in [1.82, 2.24) is 5.32 Å². The molecule has 0 amide bonds. The molecule has 0 bridgehead atoms. The first-order valence-corrected chi connectivity index (χ1v) is 6.27. The first kappa shape index (κ1) is 13.0. The van der Waals surface area contributed by atoms with Crippen LogP contribution >= 0.6 is 0 Å². The zero-order valence-corrected chi connectivity index (χ0v) is 10.3. The van der Waals surface area contributed by atoms with Crippen molar-refractivity contribution in [2.24, 2.45) is 5.92 Å². The van der Waals surface area contributed by atoms with Gasteiger partial charge in [-0.1, -0.05) is 12.1 Å². The summed E-state index contributed by atoms with van der Waals surface area (Å²) < 4.78 is 5.31. The summed E-state index contributed by atoms with van der Waals surface area (Å²) >= 11 is 0. The summed E-state index contributed by atoms with van der Waals surface area (Å²) in [5, 5.41) is 13.9. The predicted octanol–water partition coefficient (Wildman–Crippen LogP) is 2.11. The Morgan fingerprint density at radius 1 is 1.50 bits per heavy atom. The van der Waals surface area contributed by atoms with Crippen LogP contribution in [0.5, 0.6) is 0 Å². The van der Waals surface area contributed by atoms with Crippen LogP contribution in [0.3, 0.4) is 0 Å². The topological polar surface area (TPSA) is 64.4 Å². The molecule has 0 aliphatic carbocycles. The molecule has 1 heterocycles. The monoisotopic (exact) mass is 250 g/mol. The average Bonchev–Trinajstić information content (AvgIpc) is 2.88. The van der Waals surface area contributed by atoms with Gasteiger partial charge in [0.05, 0.1) is 4.92 Å². The molecule has 2 rings (SSSR count). The number of rotatable bonds is 6. The zero-order chi connectivity index (χ0) is 12.8. The van der Waals surface area contributed by atoms with E-state index in [4.69, 9.17) is 4.74 Å². The maximum absolute atomic E-state index is 10.6. The average molecular weight is 250 g/mol. The van der Waals surface area contributed by atoms with Gasteiger partial charge in [0.2, 0.25) is 0 Å². The van der Waals surface area contributed by atoms with E-state index in [9.17, 15) is 10.1 Å². The minimum Gasteiger partial charge on any atom is -0.381 e. The first-order chi connectivity index (χ1) is 8.75. The van der Waals surface area contributed by atoms with Crippen molar-refractivity contribution in [2.75, 3.05) is 19.8 Å². The number of hydrogen-bond acceptors (Lipinski definition) is 4. The zero-order valence-electron chi connectivity index (χ0n) is 10.3. The highest BCUT2D eigenvalue weighted by atomic mass is 16.6. The highest BCUT2D eigenvalue weighted by Crippen LogP contribution is 2.16. The molecule has 18 heavy (non-hydrogen) atoms. The summed E-state index contributed by atoms with van der Waals surface area (Å²) in [5.74, 6) is 0.669. The Labute approximate surface area is 106 Å². The Morgan fingerprint density at radius 2 is 2.39 bits per heavy atom. The molecule has 0 aromatic heterocycles. The van der Waals surface area contributed by atoms with Crippen molar-refractivity contribution in [3.05, 3.63) is 39.9 Å². The lowest BCUT2D eigenvalue weighted by Gasteiger charge is -2.08. The van der Waals surface area contributed by atoms with Gasteiger partial charge >= 0.3 is 0 Å². The summed E-state index contributed by atoms with van der Waals surface area (Å²) in [6, 6.07) is 6.75. The normalized spacial score (nSPS) is 19.0. The Balaban J connectivity index is 1.72. The second-order valence-corrected chi connectivity index (χ2v) is 4.62. The number of nitro benzene ring substituents is 1. The van der Waals surface area contributed by atoms with E-state index < -0.39 is 0 Å². The molecule has 1 unspecified atom stereocenters. The summed E-state index contributed by atoms with van der Waals surface area (Å²) in [7, 11) is 0. The SMILES string of the molecule is O=[N+]([O-])c1cccc(CNCCC2CCOC2)c1. The van der Waals surface area contributed by atoms with Gasteiger partial charge in [-0.3, -0.25) is 10.1 Å². The van der Waals surface area contributed by atoms with Gasteiger partial charge in [0.25, 0.3) is 5.69 Å². The van der Waals surface area contributed by atoms with E-state index in [-0.39, 0.29) is 10.6 Å². The fraction of sp³-hybridized carbons (Fsp3) is 0.538. The van der Waals surface area contributed by atoms with E-state index >= 15 is 0 Å². The summed E-state index contributed by atoms with van der Waals surface area (Å²) in [6.07, 6.45) is 2.26. The number of hydrogen-bond donors (Lipinski definition) is 1. The van der Waals surface area contributed by atoms with Crippen LogP contribution in [0, 0.1) is 16.0 Å². The second-order valence-electron chi connectivity index (χ2n) is 4.62. The Hall–Kier alpha value is -1.46. The number of ether oxygens (including phenoxy) is 1. The van der Waals surface area contributed by atoms with Crippen molar-refractivity contribution >= 4 is 5.69 Å². The molecule has 1 N–H and O–H groups in total. The van der Waals surface area contributed by atoms with E-state index in [1.54, 1.807) is 12.1 Å². The van der Waals surface area contributed by atoms with Crippen molar-refractivity contribution in [3.8, 4) is 0 Å². The molecule has 98 valence electrons. The third kappa shape index (κ3) is 3.78. The fourth-order valence-corrected chi connectivity index (χ4v) is 2.13. The molecular weight excluding hydrogens is 232 g/mol. The van der Waals surface area contributed by atoms with Crippen LogP contribution in [0.4, 0.5) is 5.69 Å². The van der Waals surface area contributed by atoms with Gasteiger partial charge in [0, 0.05) is 31.9 Å². The molecular formula is C13H18N2O3. The van der Waals surface area contributed by atoms with Crippen LogP contribution in [-0.2, 0) is 11.3 Å². The summed E-state index contributed by atoms with van der Waals surface area (Å²) in [6.45, 7) is 3.36. The van der Waals surface area contributed by atoms with E-state index in [2.05, 4.69) is 5.32 Å². The number of nitrogens with zero attached hydrogens (tertiary/aromatic N) is 1. The second kappa shape index (κ2) is 6.47. The standard InChI is InChI=1S/C13H18N2O3/c16-15(17)13-3-1-2-12(8-13)9-14-6-4-11-5-7-18-10-11/h1-3,8,11,14H,4-7,9-10H2. The molecule has 5 heteroatoms. The van der Waals surface area contributed by atoms with Gasteiger partial charge in [-0.15, -0.1) is 0 Å². The molecule has 5 nitrogen and oxygen atoms in total. The van der Waals surface area contributed by atoms with Crippen LogP contribution in [-0.4, -0.2) is 24.7 Å². The predicted molar refractivity (Wildman–Crippen MR) is 68.3 cm³/mol. The Bertz CT molecular complexity index is 403. The number of non-ortho nitro benzene ring substituents is 1. The van der Waals surface area contributed by atoms with Gasteiger partial charge in [-0.2, -0.15) is 0 Å². The van der Waals surface area contributed by atoms with Crippen molar-refractivity contribution < 1.29 is 9.66 Å². The van der Waals surface area contributed by atoms with Crippen LogP contribution in [0.15, 0.2) is 24.3 Å². The first-order valence-electron chi connectivity index (χ1n) is 6.27. The van der Waals surface area contributed by atoms with Crippen LogP contribution in [0.25, 0.3) is 0 Å². The van der Waals surface area contributed by atoms with E-state index in [0.29, 0.717) is 12.5 Å². The van der Waals surface area contributed by atoms with Gasteiger partial charge in [0.15, 0.2) is 0 Å². The van der Waals surface area contributed by atoms with Crippen molar-refractivity contribution in [2.45, 2.75) is 19.4 Å². The Kier molecular flexibility index (Phi) is 4.66. The lowest BCUT2D eigenvalue weighted by atomic mass is 10.1. The van der Waals surface area contributed by atoms with E-state index in [1.807, 2.05) is 6.07 Å². The van der Waals surface area contributed by atoms with E-state index in [1.165, 1.54) is 6.07 Å². The third-order valence-corrected chi connectivity index (χ3v) is 3.20. The van der Waals surface area contributed by atoms with Crippen LogP contribution in [0.1, 0.15) is 18.4 Å². The van der Waals surface area contributed by atoms with Gasteiger partial charge in [0.1, 0.15) is 0 Å². The van der Waals surface area contributed by atoms with Crippen molar-refractivity contribution in [1.29, 1.82) is 0 Å². The van der Waals surface area contributed by atoms with Crippen LogP contribution < -0.4 is 5.32 Å². The largest absolute Gasteiger partial charge is 0.381 e. The minimum absolute atomic E-state index is 0.151. The molecule has 0 radical (unpaired) electrons. The number of benzene rings is 1. The highest BCUT2D eigenvalue weighted by molar-refractivity contribution is 5.34. The fourth-order valence-electron chi connectivity index (χ4n) is 2.13. The summed E-state index contributed by atoms with van der Waals surface area (Å²) in [5.41, 5.74) is 1.10. The molecule has 1 aliphatic rings. The molecule has 1 atom stereocenters. The highest BCUT2D eigenvalue weighted by Gasteiger charge is 2.14. The quantitative estimate of drug-likeness (QED) is 0.477. The van der Waals surface area contributed by atoms with E-state index in [0.717, 1.165) is 38.2 Å². The maximum Gasteiger partial charge on any atom is 0.269 e. The summed E-state index contributed by atoms with van der Waals surface area (Å²) in [4.78, 5) is 10.3. The molecule has 1 aromatic rings. The van der Waals surface area contributed by atoms with Gasteiger partial charge < -0.3 is 10.1 Å². The molecule has 0 spiro atoms. The number of nitro groups is 1. The molecule has 1 fully saturated rings. The lowest BCUT2D eigenvalue weighted by molar-refractivity contribution is -0.384. The molecule has 0 saturated carbocycles. The van der Waals surface area contributed by atoms with Crippen molar-refractivity contribution in [3.63, 3.8) is 0 Å². The maximum atomic E-state index is 10.6. The lowest BCUT2D eigenvalue weighted by Crippen LogP contribution is -2.18. The van der Waals surface area contributed by atoms with Crippen LogP contribution in [0.2, 0.25) is 0 Å².